The highest BCUT2D eigenvalue weighted by Gasteiger charge is 2.35. The SMILES string of the molecule is CCCCCCCCCC(=O)N(O)C(=O)NC(C(=O)NC(C)C)C(C)(C)C. The molecule has 1 atom stereocenters. The molecule has 0 heterocycles. The van der Waals surface area contributed by atoms with Gasteiger partial charge in [0.1, 0.15) is 6.04 Å². The molecule has 158 valence electrons. The minimum absolute atomic E-state index is 0.0801. The molecule has 7 nitrogen and oxygen atoms in total. The number of urea groups is 1. The predicted molar refractivity (Wildman–Crippen MR) is 106 cm³/mol. The van der Waals surface area contributed by atoms with Crippen LogP contribution in [0.5, 0.6) is 0 Å². The minimum Gasteiger partial charge on any atom is -0.352 e. The summed E-state index contributed by atoms with van der Waals surface area (Å²) in [5.74, 6) is -1.00. The van der Waals surface area contributed by atoms with Gasteiger partial charge in [0, 0.05) is 12.5 Å². The monoisotopic (exact) mass is 385 g/mol. The van der Waals surface area contributed by atoms with Gasteiger partial charge in [-0.05, 0) is 25.7 Å². The highest BCUT2D eigenvalue weighted by Crippen LogP contribution is 2.20. The quantitative estimate of drug-likeness (QED) is 0.284. The van der Waals surface area contributed by atoms with E-state index in [1.807, 2.05) is 13.8 Å². The van der Waals surface area contributed by atoms with Gasteiger partial charge in [0.2, 0.25) is 5.91 Å². The van der Waals surface area contributed by atoms with E-state index >= 15 is 0 Å². The molecule has 0 aliphatic carbocycles. The van der Waals surface area contributed by atoms with Crippen LogP contribution in [0.3, 0.4) is 0 Å². The van der Waals surface area contributed by atoms with Gasteiger partial charge in [0.15, 0.2) is 0 Å². The van der Waals surface area contributed by atoms with E-state index in [-0.39, 0.29) is 23.4 Å². The summed E-state index contributed by atoms with van der Waals surface area (Å²) in [5.41, 5.74) is -0.572. The first-order chi connectivity index (χ1) is 12.5. The van der Waals surface area contributed by atoms with Crippen molar-refractivity contribution < 1.29 is 19.6 Å². The number of nitrogens with one attached hydrogen (secondary N) is 2. The Morgan fingerprint density at radius 3 is 1.93 bits per heavy atom. The Bertz CT molecular complexity index is 472. The fourth-order valence-electron chi connectivity index (χ4n) is 2.68. The van der Waals surface area contributed by atoms with Crippen molar-refractivity contribution in [1.82, 2.24) is 15.7 Å². The van der Waals surface area contributed by atoms with Crippen LogP contribution in [-0.4, -0.2) is 40.2 Å². The molecule has 0 rings (SSSR count). The Kier molecular flexibility index (Phi) is 11.9. The number of hydrogen-bond donors (Lipinski definition) is 3. The molecule has 4 amide bonds. The molecule has 0 aromatic heterocycles. The van der Waals surface area contributed by atoms with Gasteiger partial charge in [-0.25, -0.2) is 4.79 Å². The summed E-state index contributed by atoms with van der Waals surface area (Å²) in [5, 5.41) is 15.2. The van der Waals surface area contributed by atoms with Gasteiger partial charge >= 0.3 is 6.03 Å². The van der Waals surface area contributed by atoms with E-state index < -0.39 is 23.4 Å². The van der Waals surface area contributed by atoms with Gasteiger partial charge in [0.05, 0.1) is 0 Å². The maximum atomic E-state index is 12.3. The normalized spacial score (nSPS) is 12.6. The Morgan fingerprint density at radius 2 is 1.44 bits per heavy atom. The average molecular weight is 386 g/mol. The molecule has 0 fully saturated rings. The lowest BCUT2D eigenvalue weighted by molar-refractivity contribution is -0.153. The largest absolute Gasteiger partial charge is 0.352 e. The number of imide groups is 1. The number of rotatable bonds is 11. The van der Waals surface area contributed by atoms with Crippen molar-refractivity contribution in [2.75, 3.05) is 0 Å². The van der Waals surface area contributed by atoms with Crippen LogP contribution in [0.15, 0.2) is 0 Å². The van der Waals surface area contributed by atoms with Gasteiger partial charge in [-0.15, -0.1) is 5.06 Å². The second-order valence-corrected chi connectivity index (χ2v) is 8.49. The highest BCUT2D eigenvalue weighted by molar-refractivity contribution is 5.95. The van der Waals surface area contributed by atoms with Crippen LogP contribution in [0, 0.1) is 5.41 Å². The first-order valence-corrected chi connectivity index (χ1v) is 10.1. The number of hydroxylamine groups is 2. The zero-order valence-electron chi connectivity index (χ0n) is 17.9. The zero-order chi connectivity index (χ0) is 21.0. The van der Waals surface area contributed by atoms with Gasteiger partial charge in [0.25, 0.3) is 5.91 Å². The lowest BCUT2D eigenvalue weighted by Crippen LogP contribution is -2.57. The molecular weight excluding hydrogens is 346 g/mol. The molecule has 0 aromatic rings. The lowest BCUT2D eigenvalue weighted by Gasteiger charge is -2.31. The van der Waals surface area contributed by atoms with Gasteiger partial charge in [-0.2, -0.15) is 0 Å². The van der Waals surface area contributed by atoms with Gasteiger partial charge in [-0.1, -0.05) is 66.2 Å². The first-order valence-electron chi connectivity index (χ1n) is 10.1. The minimum atomic E-state index is -0.971. The summed E-state index contributed by atoms with van der Waals surface area (Å²) in [6.45, 7) is 11.2. The molecule has 3 N–H and O–H groups in total. The predicted octanol–water partition coefficient (Wildman–Crippen LogP) is 3.99. The van der Waals surface area contributed by atoms with E-state index in [9.17, 15) is 19.6 Å². The van der Waals surface area contributed by atoms with E-state index in [0.29, 0.717) is 6.42 Å². The molecule has 0 aliphatic rings. The molecule has 0 aliphatic heterocycles. The van der Waals surface area contributed by atoms with Gasteiger partial charge < -0.3 is 10.6 Å². The van der Waals surface area contributed by atoms with E-state index in [2.05, 4.69) is 17.6 Å². The maximum Gasteiger partial charge on any atom is 0.349 e. The van der Waals surface area contributed by atoms with Crippen molar-refractivity contribution in [3.05, 3.63) is 0 Å². The summed E-state index contributed by atoms with van der Waals surface area (Å²) in [7, 11) is 0. The molecule has 1 unspecified atom stereocenters. The van der Waals surface area contributed by atoms with Crippen LogP contribution in [0.2, 0.25) is 0 Å². The summed E-state index contributed by atoms with van der Waals surface area (Å²) in [6.07, 6.45) is 7.44. The molecule has 0 radical (unpaired) electrons. The van der Waals surface area contributed by atoms with E-state index in [0.717, 1.165) is 19.3 Å². The van der Waals surface area contributed by atoms with Crippen molar-refractivity contribution in [1.29, 1.82) is 0 Å². The van der Waals surface area contributed by atoms with Crippen LogP contribution in [0.1, 0.15) is 92.9 Å². The summed E-state index contributed by atoms with van der Waals surface area (Å²) in [4.78, 5) is 36.6. The third-order valence-corrected chi connectivity index (χ3v) is 4.25. The lowest BCUT2D eigenvalue weighted by atomic mass is 9.86. The first kappa shape index (κ1) is 25.4. The Balaban J connectivity index is 4.49. The van der Waals surface area contributed by atoms with Crippen molar-refractivity contribution in [2.24, 2.45) is 5.41 Å². The molecule has 27 heavy (non-hydrogen) atoms. The number of carbonyl (C=O) groups is 3. The zero-order valence-corrected chi connectivity index (χ0v) is 17.9. The number of hydrogen-bond acceptors (Lipinski definition) is 4. The van der Waals surface area contributed by atoms with Gasteiger partial charge in [-0.3, -0.25) is 14.8 Å². The molecular formula is C20H39N3O4. The number of carbonyl (C=O) groups excluding carboxylic acids is 3. The fourth-order valence-corrected chi connectivity index (χ4v) is 2.68. The highest BCUT2D eigenvalue weighted by atomic mass is 16.5. The number of unbranched alkanes of at least 4 members (excludes halogenated alkanes) is 6. The topological polar surface area (TPSA) is 98.7 Å². The Hall–Kier alpha value is -1.63. The van der Waals surface area contributed by atoms with Crippen molar-refractivity contribution >= 4 is 17.8 Å². The van der Waals surface area contributed by atoms with Crippen molar-refractivity contribution in [3.63, 3.8) is 0 Å². The standard InChI is InChI=1S/C20H39N3O4/c1-7-8-9-10-11-12-13-14-16(24)23(27)19(26)22-17(20(4,5)6)18(25)21-15(2)3/h15,17,27H,7-14H2,1-6H3,(H,21,25)(H,22,26). The fraction of sp³-hybridized carbons (Fsp3) is 0.850. The second-order valence-electron chi connectivity index (χ2n) is 8.49. The van der Waals surface area contributed by atoms with E-state index in [1.54, 1.807) is 20.8 Å². The Morgan fingerprint density at radius 1 is 0.926 bits per heavy atom. The smallest absolute Gasteiger partial charge is 0.349 e. The van der Waals surface area contributed by atoms with E-state index in [4.69, 9.17) is 0 Å². The maximum absolute atomic E-state index is 12.3. The third-order valence-electron chi connectivity index (χ3n) is 4.25. The number of amides is 4. The van der Waals surface area contributed by atoms with E-state index in [1.165, 1.54) is 19.3 Å². The number of nitrogens with zero attached hydrogens (tertiary/aromatic N) is 1. The Labute approximate surface area is 164 Å². The molecule has 0 saturated heterocycles. The van der Waals surface area contributed by atoms with Crippen LogP contribution in [0.4, 0.5) is 4.79 Å². The van der Waals surface area contributed by atoms with Crippen molar-refractivity contribution in [3.8, 4) is 0 Å². The molecule has 0 spiro atoms. The molecule has 7 heteroatoms. The molecule has 0 aromatic carbocycles. The van der Waals surface area contributed by atoms with Crippen LogP contribution >= 0.6 is 0 Å². The summed E-state index contributed by atoms with van der Waals surface area (Å²) < 4.78 is 0. The molecule has 0 bridgehead atoms. The second kappa shape index (κ2) is 12.7. The van der Waals surface area contributed by atoms with Crippen molar-refractivity contribution in [2.45, 2.75) is 105 Å². The van der Waals surface area contributed by atoms with Crippen LogP contribution in [-0.2, 0) is 9.59 Å². The van der Waals surface area contributed by atoms with Crippen LogP contribution < -0.4 is 10.6 Å². The third kappa shape index (κ3) is 11.0. The summed E-state index contributed by atoms with van der Waals surface area (Å²) >= 11 is 0. The summed E-state index contributed by atoms with van der Waals surface area (Å²) in [6, 6.07) is -1.92. The average Bonchev–Trinajstić information content (AvgIpc) is 2.55. The molecule has 0 saturated carbocycles. The van der Waals surface area contributed by atoms with Crippen LogP contribution in [0.25, 0.3) is 0 Å².